The van der Waals surface area contributed by atoms with Crippen LogP contribution in [0.25, 0.3) is 0 Å². The van der Waals surface area contributed by atoms with Crippen LogP contribution in [-0.4, -0.2) is 46.4 Å². The third-order valence-corrected chi connectivity index (χ3v) is 6.23. The predicted octanol–water partition coefficient (Wildman–Crippen LogP) is 2.84. The fourth-order valence-corrected chi connectivity index (χ4v) is 4.75. The Morgan fingerprint density at radius 1 is 1.11 bits per heavy atom. The van der Waals surface area contributed by atoms with Gasteiger partial charge in [0.25, 0.3) is 0 Å². The number of amides is 1. The Hall–Kier alpha value is -1.79. The van der Waals surface area contributed by atoms with Gasteiger partial charge in [0, 0.05) is 37.4 Å². The number of carbonyl (C=O) groups excluding carboxylic acids is 1. The number of benzene rings is 1. The molecule has 0 radical (unpaired) electrons. The second kappa shape index (κ2) is 8.93. The van der Waals surface area contributed by atoms with Gasteiger partial charge in [-0.3, -0.25) is 4.79 Å². The van der Waals surface area contributed by atoms with E-state index in [-0.39, 0.29) is 17.9 Å². The quantitative estimate of drug-likeness (QED) is 0.792. The van der Waals surface area contributed by atoms with E-state index in [4.69, 9.17) is 19.9 Å². The molecule has 6 nitrogen and oxygen atoms in total. The number of hydrogen-bond acceptors (Lipinski definition) is 5. The standard InChI is InChI=1S/C21H32N2O4/c1-25-10-9-23(17-7-8-18(26-2)19(13-17)27-3)21(24)16-11-14-5-4-6-15(12-16)20(14)22/h7-8,13-16,20H,4-6,9-12,22H2,1-3H3. The van der Waals surface area contributed by atoms with E-state index < -0.39 is 0 Å². The first kappa shape index (κ1) is 20.0. The molecule has 2 aliphatic carbocycles. The van der Waals surface area contributed by atoms with Crippen LogP contribution in [0.5, 0.6) is 11.5 Å². The molecule has 1 aromatic carbocycles. The number of nitrogens with two attached hydrogens (primary N) is 1. The molecule has 0 aromatic heterocycles. The van der Waals surface area contributed by atoms with Crippen molar-refractivity contribution >= 4 is 11.6 Å². The maximum Gasteiger partial charge on any atom is 0.230 e. The number of nitrogens with zero attached hydrogens (tertiary/aromatic N) is 1. The molecule has 2 atom stereocenters. The average molecular weight is 376 g/mol. The smallest absolute Gasteiger partial charge is 0.230 e. The van der Waals surface area contributed by atoms with Gasteiger partial charge in [0.05, 0.1) is 20.8 Å². The van der Waals surface area contributed by atoms with Crippen molar-refractivity contribution in [1.29, 1.82) is 0 Å². The fraction of sp³-hybridized carbons (Fsp3) is 0.667. The van der Waals surface area contributed by atoms with E-state index in [1.807, 2.05) is 23.1 Å². The zero-order valence-electron chi connectivity index (χ0n) is 16.6. The zero-order valence-corrected chi connectivity index (χ0v) is 16.6. The number of fused-ring (bicyclic) bond motifs is 2. The molecule has 150 valence electrons. The number of carbonyl (C=O) groups is 1. The van der Waals surface area contributed by atoms with Crippen LogP contribution in [0, 0.1) is 17.8 Å². The van der Waals surface area contributed by atoms with Crippen LogP contribution in [0.4, 0.5) is 5.69 Å². The van der Waals surface area contributed by atoms with Crippen molar-refractivity contribution in [2.24, 2.45) is 23.5 Å². The first-order chi connectivity index (χ1) is 13.1. The van der Waals surface area contributed by atoms with Gasteiger partial charge in [-0.15, -0.1) is 0 Å². The second-order valence-corrected chi connectivity index (χ2v) is 7.72. The van der Waals surface area contributed by atoms with E-state index >= 15 is 0 Å². The van der Waals surface area contributed by atoms with Gasteiger partial charge in [-0.25, -0.2) is 0 Å². The summed E-state index contributed by atoms with van der Waals surface area (Å²) in [6.07, 6.45) is 5.33. The molecule has 6 heteroatoms. The normalized spacial score (nSPS) is 27.1. The van der Waals surface area contributed by atoms with Gasteiger partial charge < -0.3 is 24.8 Å². The Kier molecular flexibility index (Phi) is 6.60. The summed E-state index contributed by atoms with van der Waals surface area (Å²) in [6, 6.07) is 5.87. The molecule has 2 aliphatic rings. The number of ether oxygens (including phenoxy) is 3. The summed E-state index contributed by atoms with van der Waals surface area (Å²) in [5.74, 6) is 2.42. The minimum absolute atomic E-state index is 0.0325. The number of methoxy groups -OCH3 is 3. The van der Waals surface area contributed by atoms with E-state index in [9.17, 15) is 4.79 Å². The molecule has 2 fully saturated rings. The van der Waals surface area contributed by atoms with Crippen LogP contribution in [0.1, 0.15) is 32.1 Å². The molecule has 2 bridgehead atoms. The minimum atomic E-state index is 0.0325. The third-order valence-electron chi connectivity index (χ3n) is 6.23. The van der Waals surface area contributed by atoms with Gasteiger partial charge in [0.1, 0.15) is 0 Å². The summed E-state index contributed by atoms with van der Waals surface area (Å²) in [6.45, 7) is 1.00. The van der Waals surface area contributed by atoms with Gasteiger partial charge in [0.15, 0.2) is 11.5 Å². The highest BCUT2D eigenvalue weighted by Gasteiger charge is 2.41. The lowest BCUT2D eigenvalue weighted by molar-refractivity contribution is -0.125. The zero-order chi connectivity index (χ0) is 19.4. The fourth-order valence-electron chi connectivity index (χ4n) is 4.75. The average Bonchev–Trinajstić information content (AvgIpc) is 2.67. The van der Waals surface area contributed by atoms with Crippen molar-refractivity contribution in [3.8, 4) is 11.5 Å². The molecule has 1 aromatic rings. The van der Waals surface area contributed by atoms with Gasteiger partial charge in [-0.2, -0.15) is 0 Å². The third kappa shape index (κ3) is 4.22. The highest BCUT2D eigenvalue weighted by molar-refractivity contribution is 5.95. The van der Waals surface area contributed by atoms with Gasteiger partial charge in [0.2, 0.25) is 5.91 Å². The topological polar surface area (TPSA) is 74.0 Å². The van der Waals surface area contributed by atoms with Crippen molar-refractivity contribution in [2.45, 2.75) is 38.1 Å². The molecule has 1 amide bonds. The lowest BCUT2D eigenvalue weighted by Gasteiger charge is -2.44. The Morgan fingerprint density at radius 2 is 1.78 bits per heavy atom. The van der Waals surface area contributed by atoms with E-state index in [0.717, 1.165) is 31.4 Å². The summed E-state index contributed by atoms with van der Waals surface area (Å²) in [5.41, 5.74) is 7.22. The monoisotopic (exact) mass is 376 g/mol. The summed E-state index contributed by atoms with van der Waals surface area (Å²) < 4.78 is 16.0. The SMILES string of the molecule is COCCN(C(=O)C1CC2CCCC(C1)C2N)c1ccc(OC)c(OC)c1. The highest BCUT2D eigenvalue weighted by Crippen LogP contribution is 2.43. The minimum Gasteiger partial charge on any atom is -0.493 e. The molecule has 0 spiro atoms. The largest absolute Gasteiger partial charge is 0.493 e. The molecular weight excluding hydrogens is 344 g/mol. The summed E-state index contributed by atoms with van der Waals surface area (Å²) in [4.78, 5) is 15.3. The van der Waals surface area contributed by atoms with Crippen LogP contribution >= 0.6 is 0 Å². The van der Waals surface area contributed by atoms with E-state index in [2.05, 4.69) is 0 Å². The molecule has 2 unspecified atom stereocenters. The lowest BCUT2D eigenvalue weighted by Crippen LogP contribution is -2.50. The second-order valence-electron chi connectivity index (χ2n) is 7.72. The van der Waals surface area contributed by atoms with Gasteiger partial charge >= 0.3 is 0 Å². The Labute approximate surface area is 161 Å². The van der Waals surface area contributed by atoms with Crippen molar-refractivity contribution < 1.29 is 19.0 Å². The van der Waals surface area contributed by atoms with E-state index in [0.29, 0.717) is 36.5 Å². The molecule has 0 aliphatic heterocycles. The maximum atomic E-state index is 13.5. The molecule has 27 heavy (non-hydrogen) atoms. The lowest BCUT2D eigenvalue weighted by atomic mass is 9.65. The first-order valence-corrected chi connectivity index (χ1v) is 9.87. The number of hydrogen-bond donors (Lipinski definition) is 1. The molecule has 0 heterocycles. The van der Waals surface area contributed by atoms with Crippen LogP contribution in [-0.2, 0) is 9.53 Å². The Bertz CT molecular complexity index is 637. The van der Waals surface area contributed by atoms with Crippen molar-refractivity contribution in [1.82, 2.24) is 0 Å². The van der Waals surface area contributed by atoms with Crippen molar-refractivity contribution in [2.75, 3.05) is 39.4 Å². The summed E-state index contributed by atoms with van der Waals surface area (Å²) in [7, 11) is 4.86. The molecule has 0 saturated heterocycles. The van der Waals surface area contributed by atoms with Crippen molar-refractivity contribution in [3.05, 3.63) is 18.2 Å². The molecule has 2 N–H and O–H groups in total. The van der Waals surface area contributed by atoms with Gasteiger partial charge in [-0.05, 0) is 49.7 Å². The summed E-state index contributed by atoms with van der Waals surface area (Å²) >= 11 is 0. The van der Waals surface area contributed by atoms with Crippen LogP contribution in [0.3, 0.4) is 0 Å². The van der Waals surface area contributed by atoms with E-state index in [1.54, 1.807) is 21.3 Å². The van der Waals surface area contributed by atoms with Crippen molar-refractivity contribution in [3.63, 3.8) is 0 Å². The van der Waals surface area contributed by atoms with Crippen LogP contribution < -0.4 is 20.1 Å². The molecule has 2 saturated carbocycles. The molecular formula is C21H32N2O4. The predicted molar refractivity (Wildman–Crippen MR) is 105 cm³/mol. The van der Waals surface area contributed by atoms with E-state index in [1.165, 1.54) is 6.42 Å². The maximum absolute atomic E-state index is 13.5. The first-order valence-electron chi connectivity index (χ1n) is 9.87. The Morgan fingerprint density at radius 3 is 2.37 bits per heavy atom. The number of anilines is 1. The summed E-state index contributed by atoms with van der Waals surface area (Å²) in [5, 5.41) is 0. The number of rotatable bonds is 7. The van der Waals surface area contributed by atoms with Crippen LogP contribution in [0.15, 0.2) is 18.2 Å². The van der Waals surface area contributed by atoms with Gasteiger partial charge in [-0.1, -0.05) is 6.42 Å². The Balaban J connectivity index is 1.83. The highest BCUT2D eigenvalue weighted by atomic mass is 16.5. The van der Waals surface area contributed by atoms with Crippen LogP contribution in [0.2, 0.25) is 0 Å². The molecule has 3 rings (SSSR count).